The van der Waals surface area contributed by atoms with E-state index in [2.05, 4.69) is 10.6 Å². The molecule has 0 radical (unpaired) electrons. The van der Waals surface area contributed by atoms with Gasteiger partial charge in [0, 0.05) is 10.9 Å². The molecule has 0 bridgehead atoms. The van der Waals surface area contributed by atoms with Crippen LogP contribution in [0.15, 0.2) is 29.6 Å². The number of hydrogen-bond donors (Lipinski definition) is 3. The zero-order valence-corrected chi connectivity index (χ0v) is 10.6. The Morgan fingerprint density at radius 3 is 2.84 bits per heavy atom. The maximum atomic E-state index is 13.2. The van der Waals surface area contributed by atoms with Crippen LogP contribution in [0.4, 0.5) is 25.0 Å². The van der Waals surface area contributed by atoms with E-state index < -0.39 is 17.7 Å². The van der Waals surface area contributed by atoms with E-state index >= 15 is 0 Å². The summed E-state index contributed by atoms with van der Waals surface area (Å²) in [6, 6.07) is 4.76. The predicted octanol–water partition coefficient (Wildman–Crippen LogP) is 2.93. The van der Waals surface area contributed by atoms with Gasteiger partial charge in [-0.05, 0) is 17.5 Å². The molecule has 2 amide bonds. The standard InChI is InChI=1S/C12H11F2N3OS/c13-7-4-9(14)11(15)10(5-7)17-12(18)16-6-8-2-1-3-19-8/h1-5H,6,15H2,(H2,16,17,18). The number of amides is 2. The van der Waals surface area contributed by atoms with Gasteiger partial charge in [-0.1, -0.05) is 6.07 Å². The number of thiophene rings is 1. The second-order valence-corrected chi connectivity index (χ2v) is 4.77. The zero-order valence-electron chi connectivity index (χ0n) is 9.74. The van der Waals surface area contributed by atoms with Gasteiger partial charge in [-0.25, -0.2) is 13.6 Å². The second-order valence-electron chi connectivity index (χ2n) is 3.74. The quantitative estimate of drug-likeness (QED) is 0.758. The molecule has 0 aliphatic rings. The number of nitrogen functional groups attached to an aromatic ring is 1. The molecular formula is C12H11F2N3OS. The van der Waals surface area contributed by atoms with Crippen LogP contribution >= 0.6 is 11.3 Å². The second kappa shape index (κ2) is 5.66. The van der Waals surface area contributed by atoms with Crippen LogP contribution in [-0.2, 0) is 6.54 Å². The van der Waals surface area contributed by atoms with Gasteiger partial charge in [-0.2, -0.15) is 0 Å². The largest absolute Gasteiger partial charge is 0.395 e. The van der Waals surface area contributed by atoms with Crippen molar-refractivity contribution in [1.29, 1.82) is 0 Å². The Labute approximate surface area is 112 Å². The van der Waals surface area contributed by atoms with Crippen LogP contribution in [0.5, 0.6) is 0 Å². The van der Waals surface area contributed by atoms with Crippen LogP contribution in [0.2, 0.25) is 0 Å². The van der Waals surface area contributed by atoms with E-state index in [1.54, 1.807) is 0 Å². The highest BCUT2D eigenvalue weighted by Crippen LogP contribution is 2.23. The topological polar surface area (TPSA) is 67.1 Å². The number of benzene rings is 1. The molecule has 0 fully saturated rings. The lowest BCUT2D eigenvalue weighted by molar-refractivity contribution is 0.252. The molecule has 0 saturated heterocycles. The van der Waals surface area contributed by atoms with E-state index in [4.69, 9.17) is 5.73 Å². The van der Waals surface area contributed by atoms with E-state index in [1.165, 1.54) is 11.3 Å². The fourth-order valence-electron chi connectivity index (χ4n) is 1.44. The molecule has 2 rings (SSSR count). The summed E-state index contributed by atoms with van der Waals surface area (Å²) in [5, 5.41) is 6.75. The number of rotatable bonds is 3. The highest BCUT2D eigenvalue weighted by Gasteiger charge is 2.10. The Morgan fingerprint density at radius 1 is 1.37 bits per heavy atom. The lowest BCUT2D eigenvalue weighted by Gasteiger charge is -2.10. The Balaban J connectivity index is 1.99. The van der Waals surface area contributed by atoms with Gasteiger partial charge < -0.3 is 16.4 Å². The summed E-state index contributed by atoms with van der Waals surface area (Å²) in [6.45, 7) is 0.335. The van der Waals surface area contributed by atoms with Crippen molar-refractivity contribution in [3.05, 3.63) is 46.2 Å². The summed E-state index contributed by atoms with van der Waals surface area (Å²) in [5.41, 5.74) is 5.01. The third kappa shape index (κ3) is 3.41. The molecule has 0 aliphatic heterocycles. The molecule has 0 unspecified atom stereocenters. The van der Waals surface area contributed by atoms with Crippen LogP contribution in [-0.4, -0.2) is 6.03 Å². The number of halogens is 2. The average molecular weight is 283 g/mol. The number of urea groups is 1. The lowest BCUT2D eigenvalue weighted by atomic mass is 10.2. The first-order valence-electron chi connectivity index (χ1n) is 5.38. The predicted molar refractivity (Wildman–Crippen MR) is 70.9 cm³/mol. The van der Waals surface area contributed by atoms with Gasteiger partial charge >= 0.3 is 6.03 Å². The fourth-order valence-corrected chi connectivity index (χ4v) is 2.08. The van der Waals surface area contributed by atoms with Crippen molar-refractivity contribution >= 4 is 28.7 Å². The third-order valence-electron chi connectivity index (χ3n) is 2.35. The molecule has 0 atom stereocenters. The maximum Gasteiger partial charge on any atom is 0.319 e. The molecule has 19 heavy (non-hydrogen) atoms. The summed E-state index contributed by atoms with van der Waals surface area (Å²) < 4.78 is 26.2. The lowest BCUT2D eigenvalue weighted by Crippen LogP contribution is -2.28. The van der Waals surface area contributed by atoms with E-state index in [1.807, 2.05) is 17.5 Å². The first-order valence-corrected chi connectivity index (χ1v) is 6.26. The Bertz CT molecular complexity index is 587. The van der Waals surface area contributed by atoms with Crippen LogP contribution in [0.3, 0.4) is 0 Å². The zero-order chi connectivity index (χ0) is 13.8. The van der Waals surface area contributed by atoms with E-state index in [9.17, 15) is 13.6 Å². The highest BCUT2D eigenvalue weighted by atomic mass is 32.1. The summed E-state index contributed by atoms with van der Waals surface area (Å²) >= 11 is 1.49. The molecule has 2 aromatic rings. The molecule has 4 N–H and O–H groups in total. The van der Waals surface area contributed by atoms with Crippen molar-refractivity contribution in [3.63, 3.8) is 0 Å². The van der Waals surface area contributed by atoms with E-state index in [0.717, 1.165) is 10.9 Å². The first-order chi connectivity index (χ1) is 9.06. The first kappa shape index (κ1) is 13.3. The number of carbonyl (C=O) groups is 1. The van der Waals surface area contributed by atoms with Crippen LogP contribution in [0.25, 0.3) is 0 Å². The van der Waals surface area contributed by atoms with Crippen molar-refractivity contribution in [3.8, 4) is 0 Å². The average Bonchev–Trinajstić information content (AvgIpc) is 2.86. The van der Waals surface area contributed by atoms with Crippen molar-refractivity contribution in [2.24, 2.45) is 0 Å². The van der Waals surface area contributed by atoms with Crippen molar-refractivity contribution in [2.45, 2.75) is 6.54 Å². The SMILES string of the molecule is Nc1c(F)cc(F)cc1NC(=O)NCc1cccs1. The Morgan fingerprint density at radius 2 is 2.16 bits per heavy atom. The molecule has 0 saturated carbocycles. The number of hydrogen-bond acceptors (Lipinski definition) is 3. The minimum Gasteiger partial charge on any atom is -0.395 e. The fraction of sp³-hybridized carbons (Fsp3) is 0.0833. The monoisotopic (exact) mass is 283 g/mol. The Kier molecular flexibility index (Phi) is 3.96. The summed E-state index contributed by atoms with van der Waals surface area (Å²) in [4.78, 5) is 12.5. The highest BCUT2D eigenvalue weighted by molar-refractivity contribution is 7.09. The minimum absolute atomic E-state index is 0.0961. The van der Waals surface area contributed by atoms with Gasteiger partial charge in [0.2, 0.25) is 0 Å². The molecule has 0 aliphatic carbocycles. The number of anilines is 2. The minimum atomic E-state index is -0.909. The van der Waals surface area contributed by atoms with Gasteiger partial charge in [0.05, 0.1) is 17.9 Å². The summed E-state index contributed by atoms with van der Waals surface area (Å²) in [5.74, 6) is -1.71. The molecule has 0 spiro atoms. The van der Waals surface area contributed by atoms with Gasteiger partial charge in [0.15, 0.2) is 5.82 Å². The number of nitrogens with one attached hydrogen (secondary N) is 2. The summed E-state index contributed by atoms with van der Waals surface area (Å²) in [6.07, 6.45) is 0. The molecule has 7 heteroatoms. The maximum absolute atomic E-state index is 13.2. The van der Waals surface area contributed by atoms with Crippen LogP contribution in [0, 0.1) is 11.6 Å². The smallest absolute Gasteiger partial charge is 0.319 e. The van der Waals surface area contributed by atoms with Crippen molar-refractivity contribution < 1.29 is 13.6 Å². The van der Waals surface area contributed by atoms with Crippen LogP contribution in [0.1, 0.15) is 4.88 Å². The molecule has 4 nitrogen and oxygen atoms in total. The van der Waals surface area contributed by atoms with Gasteiger partial charge in [0.25, 0.3) is 0 Å². The van der Waals surface area contributed by atoms with Crippen molar-refractivity contribution in [1.82, 2.24) is 5.32 Å². The third-order valence-corrected chi connectivity index (χ3v) is 3.22. The van der Waals surface area contributed by atoms with Gasteiger partial charge in [-0.15, -0.1) is 11.3 Å². The summed E-state index contributed by atoms with van der Waals surface area (Å²) in [7, 11) is 0. The Hall–Kier alpha value is -2.15. The van der Waals surface area contributed by atoms with E-state index in [0.29, 0.717) is 12.6 Å². The van der Waals surface area contributed by atoms with Crippen LogP contribution < -0.4 is 16.4 Å². The van der Waals surface area contributed by atoms with E-state index in [-0.39, 0.29) is 11.4 Å². The normalized spacial score (nSPS) is 10.2. The molecule has 1 aromatic heterocycles. The molecular weight excluding hydrogens is 272 g/mol. The molecule has 100 valence electrons. The number of carbonyl (C=O) groups excluding carboxylic acids is 1. The van der Waals surface area contributed by atoms with Gasteiger partial charge in [0.1, 0.15) is 5.82 Å². The van der Waals surface area contributed by atoms with Crippen molar-refractivity contribution in [2.75, 3.05) is 11.1 Å². The van der Waals surface area contributed by atoms with Gasteiger partial charge in [-0.3, -0.25) is 0 Å². The molecule has 1 heterocycles. The molecule has 1 aromatic carbocycles. The number of nitrogens with two attached hydrogens (primary N) is 1.